The van der Waals surface area contributed by atoms with Gasteiger partial charge in [-0.3, -0.25) is 4.79 Å². The number of carbonyl (C=O) groups is 1. The summed E-state index contributed by atoms with van der Waals surface area (Å²) in [5.74, 6) is 0.0442. The summed E-state index contributed by atoms with van der Waals surface area (Å²) in [5.41, 5.74) is 2.86. The number of aliphatic imine (C=N–C) groups is 1. The number of amidine groups is 1. The van der Waals surface area contributed by atoms with Crippen molar-refractivity contribution in [3.05, 3.63) is 66.7 Å². The molecule has 0 spiro atoms. The number of anilines is 2. The molecule has 0 fully saturated rings. The Hall–Kier alpha value is -2.79. The van der Waals surface area contributed by atoms with E-state index >= 15 is 0 Å². The predicted octanol–water partition coefficient (Wildman–Crippen LogP) is 5.04. The number of nitrogens with zero attached hydrogens (tertiary/aromatic N) is 2. The summed E-state index contributed by atoms with van der Waals surface area (Å²) >= 11 is 1.45. The molecule has 5 heteroatoms. The van der Waals surface area contributed by atoms with Crippen molar-refractivity contribution in [3.8, 4) is 0 Å². The fourth-order valence-electron chi connectivity index (χ4n) is 3.10. The molecule has 1 heterocycles. The molecule has 0 saturated carbocycles. The second-order valence-corrected chi connectivity index (χ2v) is 7.55. The van der Waals surface area contributed by atoms with Crippen LogP contribution in [0.2, 0.25) is 0 Å². The molecule has 0 unspecified atom stereocenters. The molecule has 1 aliphatic rings. The molecule has 4 nitrogen and oxygen atoms in total. The molecule has 0 saturated heterocycles. The average molecular weight is 361 g/mol. The van der Waals surface area contributed by atoms with Crippen LogP contribution < -0.4 is 10.2 Å². The zero-order valence-corrected chi connectivity index (χ0v) is 15.5. The number of carbonyl (C=O) groups excluding carboxylic acids is 1. The van der Waals surface area contributed by atoms with Crippen LogP contribution in [0.4, 0.5) is 17.1 Å². The summed E-state index contributed by atoms with van der Waals surface area (Å²) < 4.78 is 0. The molecule has 1 atom stereocenters. The summed E-state index contributed by atoms with van der Waals surface area (Å²) in [4.78, 5) is 19.2. The second kappa shape index (κ2) is 6.84. The van der Waals surface area contributed by atoms with E-state index in [2.05, 4.69) is 17.4 Å². The molecule has 4 rings (SSSR count). The zero-order chi connectivity index (χ0) is 18.1. The van der Waals surface area contributed by atoms with E-state index in [1.807, 2.05) is 61.5 Å². The summed E-state index contributed by atoms with van der Waals surface area (Å²) in [5, 5.41) is 6.15. The molecule has 0 radical (unpaired) electrons. The molecule has 0 aromatic heterocycles. The lowest BCUT2D eigenvalue weighted by molar-refractivity contribution is -0.117. The van der Waals surface area contributed by atoms with Crippen LogP contribution in [-0.4, -0.2) is 23.4 Å². The van der Waals surface area contributed by atoms with E-state index in [1.54, 1.807) is 11.9 Å². The Morgan fingerprint density at radius 2 is 1.77 bits per heavy atom. The fraction of sp³-hybridized carbons (Fsp3) is 0.143. The van der Waals surface area contributed by atoms with Gasteiger partial charge in [-0.15, -0.1) is 0 Å². The van der Waals surface area contributed by atoms with Crippen LogP contribution >= 0.6 is 11.8 Å². The Morgan fingerprint density at radius 1 is 1.04 bits per heavy atom. The van der Waals surface area contributed by atoms with Crippen molar-refractivity contribution >= 4 is 50.7 Å². The molecule has 0 aliphatic carbocycles. The first-order valence-electron chi connectivity index (χ1n) is 8.50. The van der Waals surface area contributed by atoms with Gasteiger partial charge in [-0.2, -0.15) is 0 Å². The van der Waals surface area contributed by atoms with Gasteiger partial charge < -0.3 is 10.2 Å². The van der Waals surface area contributed by atoms with Gasteiger partial charge in [0.1, 0.15) is 0 Å². The van der Waals surface area contributed by atoms with E-state index in [0.29, 0.717) is 0 Å². The first-order valence-corrected chi connectivity index (χ1v) is 9.38. The Bertz CT molecular complexity index is 995. The standard InChI is InChI=1S/C21H19N3OS/c1-14(20(25)24(2)16-10-4-3-5-11-16)26-21-22-17-12-6-8-15-9-7-13-18(23-21)19(15)17/h3-14H,1-2H3,(H,22,23)/t14-/m0/s1. The average Bonchev–Trinajstić information content (AvgIpc) is 2.68. The molecule has 3 aromatic carbocycles. The predicted molar refractivity (Wildman–Crippen MR) is 112 cm³/mol. The molecular weight excluding hydrogens is 342 g/mol. The van der Waals surface area contributed by atoms with Crippen molar-refractivity contribution in [2.24, 2.45) is 4.99 Å². The maximum absolute atomic E-state index is 12.8. The third kappa shape index (κ3) is 3.06. The van der Waals surface area contributed by atoms with Crippen LogP contribution in [0, 0.1) is 0 Å². The van der Waals surface area contributed by atoms with Gasteiger partial charge in [-0.1, -0.05) is 54.2 Å². The lowest BCUT2D eigenvalue weighted by atomic mass is 10.1. The summed E-state index contributed by atoms with van der Waals surface area (Å²) in [6.07, 6.45) is 0. The summed E-state index contributed by atoms with van der Waals surface area (Å²) in [6, 6.07) is 21.9. The first-order chi connectivity index (χ1) is 12.6. The van der Waals surface area contributed by atoms with Crippen LogP contribution in [0.3, 0.4) is 0 Å². The Labute approximate surface area is 156 Å². The van der Waals surface area contributed by atoms with Gasteiger partial charge in [0, 0.05) is 18.1 Å². The minimum atomic E-state index is -0.254. The quantitative estimate of drug-likeness (QED) is 0.711. The molecule has 1 amide bonds. The van der Waals surface area contributed by atoms with E-state index in [1.165, 1.54) is 11.8 Å². The molecule has 0 bridgehead atoms. The number of benzene rings is 3. The van der Waals surface area contributed by atoms with E-state index in [-0.39, 0.29) is 11.2 Å². The molecule has 1 N–H and O–H groups in total. The maximum Gasteiger partial charge on any atom is 0.240 e. The van der Waals surface area contributed by atoms with E-state index in [4.69, 9.17) is 4.99 Å². The Kier molecular flexibility index (Phi) is 4.39. The van der Waals surface area contributed by atoms with Crippen LogP contribution in [0.25, 0.3) is 10.8 Å². The highest BCUT2D eigenvalue weighted by molar-refractivity contribution is 8.15. The highest BCUT2D eigenvalue weighted by Crippen LogP contribution is 2.37. The maximum atomic E-state index is 12.8. The van der Waals surface area contributed by atoms with Gasteiger partial charge in [0.2, 0.25) is 5.91 Å². The lowest BCUT2D eigenvalue weighted by Gasteiger charge is -2.23. The lowest BCUT2D eigenvalue weighted by Crippen LogP contribution is -2.34. The van der Waals surface area contributed by atoms with Crippen LogP contribution in [0.1, 0.15) is 6.92 Å². The van der Waals surface area contributed by atoms with Crippen molar-refractivity contribution in [3.63, 3.8) is 0 Å². The third-order valence-corrected chi connectivity index (χ3v) is 5.43. The zero-order valence-electron chi connectivity index (χ0n) is 14.6. The fourth-order valence-corrected chi connectivity index (χ4v) is 4.01. The van der Waals surface area contributed by atoms with E-state index in [9.17, 15) is 4.79 Å². The minimum Gasteiger partial charge on any atom is -0.334 e. The van der Waals surface area contributed by atoms with Crippen LogP contribution in [0.5, 0.6) is 0 Å². The van der Waals surface area contributed by atoms with Crippen LogP contribution in [-0.2, 0) is 4.79 Å². The molecular formula is C21H19N3OS. The third-order valence-electron chi connectivity index (χ3n) is 4.46. The number of nitrogens with one attached hydrogen (secondary N) is 1. The van der Waals surface area contributed by atoms with Gasteiger partial charge in [0.25, 0.3) is 0 Å². The Balaban J connectivity index is 1.55. The highest BCUT2D eigenvalue weighted by Gasteiger charge is 2.23. The molecule has 3 aromatic rings. The SMILES string of the molecule is C[C@H](SC1=Nc2cccc3cccc(c23)N1)C(=O)N(C)c1ccccc1. The number of rotatable bonds is 3. The van der Waals surface area contributed by atoms with Gasteiger partial charge >= 0.3 is 0 Å². The largest absolute Gasteiger partial charge is 0.334 e. The van der Waals surface area contributed by atoms with E-state index in [0.717, 1.165) is 33.0 Å². The summed E-state index contributed by atoms with van der Waals surface area (Å²) in [6.45, 7) is 1.91. The number of thioether (sulfide) groups is 1. The van der Waals surface area contributed by atoms with Crippen molar-refractivity contribution < 1.29 is 4.79 Å². The van der Waals surface area contributed by atoms with Gasteiger partial charge in [0.05, 0.1) is 16.6 Å². The van der Waals surface area contributed by atoms with Gasteiger partial charge in [-0.05, 0) is 36.6 Å². The number of amides is 1. The number of hydrogen-bond donors (Lipinski definition) is 1. The number of hydrogen-bond acceptors (Lipinski definition) is 4. The summed E-state index contributed by atoms with van der Waals surface area (Å²) in [7, 11) is 1.81. The van der Waals surface area contributed by atoms with Gasteiger partial charge in [-0.25, -0.2) is 4.99 Å². The van der Waals surface area contributed by atoms with Crippen molar-refractivity contribution in [2.75, 3.05) is 17.3 Å². The minimum absolute atomic E-state index is 0.0442. The second-order valence-electron chi connectivity index (χ2n) is 6.22. The van der Waals surface area contributed by atoms with E-state index < -0.39 is 0 Å². The first kappa shape index (κ1) is 16.7. The Morgan fingerprint density at radius 3 is 2.54 bits per heavy atom. The molecule has 26 heavy (non-hydrogen) atoms. The highest BCUT2D eigenvalue weighted by atomic mass is 32.2. The monoisotopic (exact) mass is 361 g/mol. The molecule has 1 aliphatic heterocycles. The molecule has 130 valence electrons. The van der Waals surface area contributed by atoms with Crippen molar-refractivity contribution in [1.29, 1.82) is 0 Å². The van der Waals surface area contributed by atoms with Crippen LogP contribution in [0.15, 0.2) is 71.7 Å². The van der Waals surface area contributed by atoms with Crippen molar-refractivity contribution in [1.82, 2.24) is 0 Å². The number of para-hydroxylation sites is 1. The smallest absolute Gasteiger partial charge is 0.240 e. The van der Waals surface area contributed by atoms with Crippen molar-refractivity contribution in [2.45, 2.75) is 12.2 Å². The topological polar surface area (TPSA) is 44.7 Å². The normalized spacial score (nSPS) is 13.7. The van der Waals surface area contributed by atoms with Gasteiger partial charge in [0.15, 0.2) is 5.17 Å².